The van der Waals surface area contributed by atoms with Crippen LogP contribution in [0.1, 0.15) is 25.7 Å². The molecule has 0 radical (unpaired) electrons. The Morgan fingerprint density at radius 3 is 2.50 bits per heavy atom. The monoisotopic (exact) mass is 252 g/mol. The van der Waals surface area contributed by atoms with E-state index in [1.807, 2.05) is 0 Å². The van der Waals surface area contributed by atoms with E-state index in [1.54, 1.807) is 0 Å². The van der Waals surface area contributed by atoms with Crippen LogP contribution in [0.4, 0.5) is 0 Å². The minimum absolute atomic E-state index is 0.0643. The molecule has 1 aliphatic rings. The van der Waals surface area contributed by atoms with Gasteiger partial charge in [0.25, 0.3) is 0 Å². The summed E-state index contributed by atoms with van der Waals surface area (Å²) < 4.78 is 0. The lowest BCUT2D eigenvalue weighted by atomic mass is 9.82. The number of aliphatic carboxylic acids is 1. The number of carbonyl (C=O) groups excluding carboxylic acids is 1. The van der Waals surface area contributed by atoms with E-state index in [0.717, 1.165) is 12.8 Å². The van der Waals surface area contributed by atoms with Crippen molar-refractivity contribution in [1.82, 2.24) is 10.6 Å². The second-order valence-corrected chi connectivity index (χ2v) is 4.67. The molecule has 100 valence electrons. The molecule has 3 N–H and O–H groups in total. The van der Waals surface area contributed by atoms with E-state index in [0.29, 0.717) is 31.8 Å². The molecule has 5 heteroatoms. The number of terminal acetylenes is 1. The first-order chi connectivity index (χ1) is 8.63. The standard InChI is InChI=1S/C13H20N2O3/c1-2-7-14-9-12(16)15-8-10-3-5-11(6-4-10)13(17)18/h1,10-11,14H,3-9H2,(H,15,16)(H,17,18). The van der Waals surface area contributed by atoms with Gasteiger partial charge in [0.05, 0.1) is 19.0 Å². The van der Waals surface area contributed by atoms with Gasteiger partial charge in [0.2, 0.25) is 5.91 Å². The number of carboxylic acid groups (broad SMARTS) is 1. The second kappa shape index (κ2) is 7.72. The fraction of sp³-hybridized carbons (Fsp3) is 0.692. The summed E-state index contributed by atoms with van der Waals surface area (Å²) in [7, 11) is 0. The van der Waals surface area contributed by atoms with Crippen LogP contribution in [0.2, 0.25) is 0 Å². The Bertz CT molecular complexity index is 328. The summed E-state index contributed by atoms with van der Waals surface area (Å²) >= 11 is 0. The summed E-state index contributed by atoms with van der Waals surface area (Å²) in [6.45, 7) is 1.24. The summed E-state index contributed by atoms with van der Waals surface area (Å²) in [6.07, 6.45) is 8.22. The molecule has 0 atom stereocenters. The van der Waals surface area contributed by atoms with Crippen molar-refractivity contribution in [3.8, 4) is 12.3 Å². The molecule has 0 aromatic heterocycles. The van der Waals surface area contributed by atoms with Gasteiger partial charge >= 0.3 is 5.97 Å². The lowest BCUT2D eigenvalue weighted by Crippen LogP contribution is -2.37. The van der Waals surface area contributed by atoms with Gasteiger partial charge in [-0.2, -0.15) is 0 Å². The number of carbonyl (C=O) groups is 2. The summed E-state index contributed by atoms with van der Waals surface area (Å²) in [5.74, 6) is 1.84. The summed E-state index contributed by atoms with van der Waals surface area (Å²) in [5, 5.41) is 14.5. The summed E-state index contributed by atoms with van der Waals surface area (Å²) in [4.78, 5) is 22.2. The van der Waals surface area contributed by atoms with Crippen LogP contribution in [0.15, 0.2) is 0 Å². The van der Waals surface area contributed by atoms with Crippen molar-refractivity contribution in [3.63, 3.8) is 0 Å². The maximum atomic E-state index is 11.4. The Labute approximate surface area is 107 Å². The van der Waals surface area contributed by atoms with Crippen molar-refractivity contribution in [2.75, 3.05) is 19.6 Å². The van der Waals surface area contributed by atoms with Crippen LogP contribution in [0.25, 0.3) is 0 Å². The SMILES string of the molecule is C#CCNCC(=O)NCC1CCC(C(=O)O)CC1. The fourth-order valence-corrected chi connectivity index (χ4v) is 2.18. The molecule has 0 bridgehead atoms. The van der Waals surface area contributed by atoms with Gasteiger partial charge in [0.1, 0.15) is 0 Å². The lowest BCUT2D eigenvalue weighted by molar-refractivity contribution is -0.143. The number of amides is 1. The number of hydrogen-bond donors (Lipinski definition) is 3. The van der Waals surface area contributed by atoms with Crippen LogP contribution in [0.3, 0.4) is 0 Å². The van der Waals surface area contributed by atoms with Gasteiger partial charge in [-0.1, -0.05) is 5.92 Å². The minimum Gasteiger partial charge on any atom is -0.481 e. The van der Waals surface area contributed by atoms with Crippen molar-refractivity contribution >= 4 is 11.9 Å². The molecule has 0 aliphatic heterocycles. The van der Waals surface area contributed by atoms with E-state index in [-0.39, 0.29) is 18.4 Å². The third-order valence-electron chi connectivity index (χ3n) is 3.30. The first-order valence-electron chi connectivity index (χ1n) is 6.27. The number of rotatable bonds is 6. The van der Waals surface area contributed by atoms with E-state index in [4.69, 9.17) is 11.5 Å². The lowest BCUT2D eigenvalue weighted by Gasteiger charge is -2.26. The maximum absolute atomic E-state index is 11.4. The number of hydrogen-bond acceptors (Lipinski definition) is 3. The zero-order valence-electron chi connectivity index (χ0n) is 10.4. The third-order valence-corrected chi connectivity index (χ3v) is 3.30. The molecule has 1 fully saturated rings. The molecule has 1 amide bonds. The Hall–Kier alpha value is -1.54. The molecular weight excluding hydrogens is 232 g/mol. The largest absolute Gasteiger partial charge is 0.481 e. The molecule has 1 rings (SSSR count). The first-order valence-corrected chi connectivity index (χ1v) is 6.27. The molecular formula is C13H20N2O3. The molecule has 5 nitrogen and oxygen atoms in total. The Balaban J connectivity index is 2.12. The molecule has 1 aliphatic carbocycles. The van der Waals surface area contributed by atoms with Crippen LogP contribution in [0.5, 0.6) is 0 Å². The third kappa shape index (κ3) is 5.19. The highest BCUT2D eigenvalue weighted by molar-refractivity contribution is 5.78. The van der Waals surface area contributed by atoms with Gasteiger partial charge in [-0.15, -0.1) is 6.42 Å². The quantitative estimate of drug-likeness (QED) is 0.466. The number of nitrogens with one attached hydrogen (secondary N) is 2. The molecule has 0 heterocycles. The van der Waals surface area contributed by atoms with Gasteiger partial charge in [-0.25, -0.2) is 0 Å². The molecule has 18 heavy (non-hydrogen) atoms. The topological polar surface area (TPSA) is 78.4 Å². The van der Waals surface area contributed by atoms with Gasteiger partial charge < -0.3 is 10.4 Å². The van der Waals surface area contributed by atoms with Crippen LogP contribution in [0, 0.1) is 24.2 Å². The van der Waals surface area contributed by atoms with Crippen LogP contribution in [-0.4, -0.2) is 36.6 Å². The zero-order chi connectivity index (χ0) is 13.4. The predicted molar refractivity (Wildman–Crippen MR) is 67.8 cm³/mol. The normalized spacial score (nSPS) is 23.1. The minimum atomic E-state index is -0.698. The van der Waals surface area contributed by atoms with Gasteiger partial charge in [-0.05, 0) is 31.6 Å². The number of carboxylic acids is 1. The average molecular weight is 252 g/mol. The fourth-order valence-electron chi connectivity index (χ4n) is 2.18. The molecule has 0 saturated heterocycles. The van der Waals surface area contributed by atoms with Gasteiger partial charge in [0.15, 0.2) is 0 Å². The van der Waals surface area contributed by atoms with E-state index in [2.05, 4.69) is 16.6 Å². The Morgan fingerprint density at radius 2 is 1.94 bits per heavy atom. The van der Waals surface area contributed by atoms with E-state index in [1.165, 1.54) is 0 Å². The summed E-state index contributed by atoms with van der Waals surface area (Å²) in [6, 6.07) is 0. The van der Waals surface area contributed by atoms with E-state index < -0.39 is 5.97 Å². The van der Waals surface area contributed by atoms with Crippen molar-refractivity contribution in [3.05, 3.63) is 0 Å². The Kier molecular flexibility index (Phi) is 6.23. The summed E-state index contributed by atoms with van der Waals surface area (Å²) in [5.41, 5.74) is 0. The van der Waals surface area contributed by atoms with Gasteiger partial charge in [0, 0.05) is 6.54 Å². The van der Waals surface area contributed by atoms with E-state index in [9.17, 15) is 9.59 Å². The Morgan fingerprint density at radius 1 is 1.28 bits per heavy atom. The molecule has 0 aromatic rings. The van der Waals surface area contributed by atoms with Crippen LogP contribution in [-0.2, 0) is 9.59 Å². The van der Waals surface area contributed by atoms with Gasteiger partial charge in [-0.3, -0.25) is 14.9 Å². The average Bonchev–Trinajstić information content (AvgIpc) is 2.37. The predicted octanol–water partition coefficient (Wildman–Crippen LogP) is 0.216. The molecule has 0 aromatic carbocycles. The molecule has 0 spiro atoms. The highest BCUT2D eigenvalue weighted by atomic mass is 16.4. The van der Waals surface area contributed by atoms with E-state index >= 15 is 0 Å². The second-order valence-electron chi connectivity index (χ2n) is 4.67. The maximum Gasteiger partial charge on any atom is 0.306 e. The molecule has 1 saturated carbocycles. The zero-order valence-corrected chi connectivity index (χ0v) is 10.4. The van der Waals surface area contributed by atoms with Crippen LogP contribution >= 0.6 is 0 Å². The smallest absolute Gasteiger partial charge is 0.306 e. The first kappa shape index (κ1) is 14.5. The van der Waals surface area contributed by atoms with Crippen molar-refractivity contribution in [2.45, 2.75) is 25.7 Å². The van der Waals surface area contributed by atoms with Crippen molar-refractivity contribution in [2.24, 2.45) is 11.8 Å². The highest BCUT2D eigenvalue weighted by Gasteiger charge is 2.25. The van der Waals surface area contributed by atoms with Crippen molar-refractivity contribution < 1.29 is 14.7 Å². The van der Waals surface area contributed by atoms with Crippen LogP contribution < -0.4 is 10.6 Å². The highest BCUT2D eigenvalue weighted by Crippen LogP contribution is 2.28. The molecule has 0 unspecified atom stereocenters. The van der Waals surface area contributed by atoms with Crippen molar-refractivity contribution in [1.29, 1.82) is 0 Å².